The molecule has 38 heavy (non-hydrogen) atoms. The van der Waals surface area contributed by atoms with E-state index in [0.717, 1.165) is 5.56 Å². The third kappa shape index (κ3) is 7.95. The molecular weight excluding hydrogens is 542 g/mol. The average Bonchev–Trinajstić information content (AvgIpc) is 3.14. The molecule has 1 amide bonds. The van der Waals surface area contributed by atoms with E-state index in [-0.39, 0.29) is 45.7 Å². The highest BCUT2D eigenvalue weighted by Crippen LogP contribution is 2.39. The lowest BCUT2D eigenvalue weighted by Gasteiger charge is -2.35. The van der Waals surface area contributed by atoms with Crippen LogP contribution in [0.2, 0.25) is 5.02 Å². The van der Waals surface area contributed by atoms with Crippen molar-refractivity contribution in [3.63, 3.8) is 0 Å². The predicted molar refractivity (Wildman–Crippen MR) is 142 cm³/mol. The van der Waals surface area contributed by atoms with Crippen molar-refractivity contribution >= 4 is 28.8 Å². The number of carbonyl (C=O) groups excluding carboxylic acids is 1. The van der Waals surface area contributed by atoms with Crippen molar-refractivity contribution in [3.8, 4) is 17.0 Å². The fraction of sp³-hybridized carbons (Fsp3) is 0.600. The standard InChI is InChI=1S/C25H35ClF2N4O5S/c1-5-32-21(17-7-6-15(13-24(2,3)4)12-18(17)37-23(27)28)19(26)20(30-32)22(33)29-14-25(34)10-8-16(9-11-25)31-38(35)36/h6-7,12,16,23,31,34H,5,8-11,13-14H2,1-4H3,(H,29,33)(H,35,36). The van der Waals surface area contributed by atoms with Gasteiger partial charge in [0.05, 0.1) is 16.3 Å². The fourth-order valence-corrected chi connectivity index (χ4v) is 5.51. The number of hydrogen-bond acceptors (Lipinski definition) is 5. The quantitative estimate of drug-likeness (QED) is 0.308. The summed E-state index contributed by atoms with van der Waals surface area (Å²) in [6.45, 7) is 5.10. The van der Waals surface area contributed by atoms with E-state index in [1.165, 1.54) is 4.68 Å². The van der Waals surface area contributed by atoms with Gasteiger partial charge >= 0.3 is 6.61 Å². The number of aryl methyl sites for hydroxylation is 1. The molecule has 3 rings (SSSR count). The Kier molecular flexibility index (Phi) is 9.91. The number of nitrogens with zero attached hydrogens (tertiary/aromatic N) is 2. The van der Waals surface area contributed by atoms with Gasteiger partial charge in [0.15, 0.2) is 5.69 Å². The summed E-state index contributed by atoms with van der Waals surface area (Å²) < 4.78 is 55.4. The van der Waals surface area contributed by atoms with Crippen LogP contribution in [0.3, 0.4) is 0 Å². The second-order valence-electron chi connectivity index (χ2n) is 10.8. The van der Waals surface area contributed by atoms with Gasteiger partial charge < -0.3 is 15.2 Å². The molecule has 1 atom stereocenters. The van der Waals surface area contributed by atoms with E-state index in [0.29, 0.717) is 38.6 Å². The van der Waals surface area contributed by atoms with Crippen LogP contribution in [-0.4, -0.2) is 54.4 Å². The van der Waals surface area contributed by atoms with Crippen LogP contribution in [0.25, 0.3) is 11.3 Å². The van der Waals surface area contributed by atoms with Gasteiger partial charge in [-0.1, -0.05) is 38.4 Å². The van der Waals surface area contributed by atoms with Gasteiger partial charge in [0.2, 0.25) is 11.3 Å². The second-order valence-corrected chi connectivity index (χ2v) is 11.9. The van der Waals surface area contributed by atoms with Gasteiger partial charge in [-0.3, -0.25) is 14.0 Å². The largest absolute Gasteiger partial charge is 0.434 e. The molecule has 1 unspecified atom stereocenters. The van der Waals surface area contributed by atoms with Crippen LogP contribution in [0.5, 0.6) is 5.75 Å². The molecule has 9 nitrogen and oxygen atoms in total. The van der Waals surface area contributed by atoms with Crippen molar-refractivity contribution in [2.75, 3.05) is 6.54 Å². The number of hydrogen-bond donors (Lipinski definition) is 4. The SMILES string of the molecule is CCn1nc(C(=O)NCC2(O)CCC(NS(=O)O)CC2)c(Cl)c1-c1ccc(CC(C)(C)C)cc1OC(F)F. The molecule has 212 valence electrons. The maximum atomic E-state index is 13.3. The van der Waals surface area contributed by atoms with Crippen molar-refractivity contribution in [2.24, 2.45) is 5.41 Å². The molecular formula is C25H35ClF2N4O5S. The Bertz CT molecular complexity index is 1160. The molecule has 1 aliphatic rings. The summed E-state index contributed by atoms with van der Waals surface area (Å²) in [5.74, 6) is -0.678. The highest BCUT2D eigenvalue weighted by molar-refractivity contribution is 7.77. The Morgan fingerprint density at radius 3 is 2.55 bits per heavy atom. The highest BCUT2D eigenvalue weighted by atomic mass is 35.5. The zero-order valence-corrected chi connectivity index (χ0v) is 23.5. The number of nitrogens with one attached hydrogen (secondary N) is 2. The highest BCUT2D eigenvalue weighted by Gasteiger charge is 2.35. The van der Waals surface area contributed by atoms with Gasteiger partial charge in [0, 0.05) is 24.7 Å². The first-order chi connectivity index (χ1) is 17.7. The summed E-state index contributed by atoms with van der Waals surface area (Å²) in [5.41, 5.74) is 0.0209. The van der Waals surface area contributed by atoms with E-state index >= 15 is 0 Å². The molecule has 13 heteroatoms. The summed E-state index contributed by atoms with van der Waals surface area (Å²) >= 11 is 4.47. The van der Waals surface area contributed by atoms with Gasteiger partial charge in [-0.05, 0) is 62.1 Å². The van der Waals surface area contributed by atoms with Crippen LogP contribution in [-0.2, 0) is 24.2 Å². The molecule has 4 N–H and O–H groups in total. The van der Waals surface area contributed by atoms with Crippen LogP contribution < -0.4 is 14.8 Å². The Morgan fingerprint density at radius 1 is 1.34 bits per heavy atom. The van der Waals surface area contributed by atoms with Crippen LogP contribution >= 0.6 is 11.6 Å². The first-order valence-electron chi connectivity index (χ1n) is 12.4. The van der Waals surface area contributed by atoms with Crippen molar-refractivity contribution in [1.29, 1.82) is 0 Å². The number of aliphatic hydroxyl groups is 1. The van der Waals surface area contributed by atoms with E-state index in [1.54, 1.807) is 19.1 Å². The van der Waals surface area contributed by atoms with Gasteiger partial charge in [-0.2, -0.15) is 13.9 Å². The first-order valence-corrected chi connectivity index (χ1v) is 13.9. The topological polar surface area (TPSA) is 126 Å². The van der Waals surface area contributed by atoms with Crippen LogP contribution in [0.15, 0.2) is 18.2 Å². The minimum absolute atomic E-state index is 0.0163. The molecule has 0 spiro atoms. The third-order valence-corrected chi connectivity index (χ3v) is 7.32. The summed E-state index contributed by atoms with van der Waals surface area (Å²) in [7, 11) is 0. The lowest BCUT2D eigenvalue weighted by atomic mass is 9.82. The molecule has 1 aromatic carbocycles. The third-order valence-electron chi connectivity index (χ3n) is 6.42. The molecule has 0 saturated heterocycles. The molecule has 1 saturated carbocycles. The Labute approximate surface area is 228 Å². The molecule has 0 bridgehead atoms. The van der Waals surface area contributed by atoms with E-state index in [2.05, 4.69) is 15.1 Å². The lowest BCUT2D eigenvalue weighted by Crippen LogP contribution is -2.48. The maximum Gasteiger partial charge on any atom is 0.387 e. The number of aromatic nitrogens is 2. The van der Waals surface area contributed by atoms with Gasteiger partial charge in [0.25, 0.3) is 5.91 Å². The number of halogens is 3. The minimum Gasteiger partial charge on any atom is -0.434 e. The van der Waals surface area contributed by atoms with Crippen molar-refractivity contribution in [1.82, 2.24) is 19.8 Å². The zero-order chi connectivity index (χ0) is 28.3. The second kappa shape index (κ2) is 12.4. The molecule has 1 fully saturated rings. The smallest absolute Gasteiger partial charge is 0.387 e. The first kappa shape index (κ1) is 30.4. The molecule has 0 radical (unpaired) electrons. The molecule has 2 aromatic rings. The van der Waals surface area contributed by atoms with Gasteiger partial charge in [0.1, 0.15) is 5.75 Å². The summed E-state index contributed by atoms with van der Waals surface area (Å²) in [4.78, 5) is 13.0. The average molecular weight is 577 g/mol. The van der Waals surface area contributed by atoms with E-state index in [1.807, 2.05) is 26.8 Å². The molecule has 1 aromatic heterocycles. The number of ether oxygens (including phenoxy) is 1. The Hall–Kier alpha value is -2.12. The van der Waals surface area contributed by atoms with Gasteiger partial charge in [-0.25, -0.2) is 8.93 Å². The normalized spacial score (nSPS) is 20.9. The number of amides is 1. The van der Waals surface area contributed by atoms with Crippen LogP contribution in [0.4, 0.5) is 8.78 Å². The molecule has 1 heterocycles. The van der Waals surface area contributed by atoms with Crippen molar-refractivity contribution in [2.45, 2.75) is 84.6 Å². The zero-order valence-electron chi connectivity index (χ0n) is 21.9. The van der Waals surface area contributed by atoms with Crippen LogP contribution in [0.1, 0.15) is 69.4 Å². The Morgan fingerprint density at radius 2 is 2.00 bits per heavy atom. The summed E-state index contributed by atoms with van der Waals surface area (Å²) in [6, 6.07) is 4.82. The fourth-order valence-electron chi connectivity index (χ4n) is 4.67. The molecule has 1 aliphatic carbocycles. The van der Waals surface area contributed by atoms with Crippen molar-refractivity contribution < 1.29 is 32.2 Å². The summed E-state index contributed by atoms with van der Waals surface area (Å²) in [6.07, 6.45) is 2.21. The molecule has 0 aliphatic heterocycles. The summed E-state index contributed by atoms with van der Waals surface area (Å²) in [5, 5.41) is 17.8. The van der Waals surface area contributed by atoms with E-state index < -0.39 is 29.4 Å². The monoisotopic (exact) mass is 576 g/mol. The number of rotatable bonds is 10. The lowest BCUT2D eigenvalue weighted by molar-refractivity contribution is -0.0495. The van der Waals surface area contributed by atoms with E-state index in [4.69, 9.17) is 20.9 Å². The number of alkyl halides is 2. The maximum absolute atomic E-state index is 13.3. The predicted octanol–water partition coefficient (Wildman–Crippen LogP) is 4.54. The minimum atomic E-state index is -3.05. The number of benzene rings is 1. The van der Waals surface area contributed by atoms with E-state index in [9.17, 15) is 22.9 Å². The van der Waals surface area contributed by atoms with Crippen LogP contribution in [0, 0.1) is 5.41 Å². The number of carbonyl (C=O) groups is 1. The van der Waals surface area contributed by atoms with Gasteiger partial charge in [-0.15, -0.1) is 0 Å². The van der Waals surface area contributed by atoms with Crippen molar-refractivity contribution in [3.05, 3.63) is 34.5 Å². The Balaban J connectivity index is 1.83.